The first-order valence-electron chi connectivity index (χ1n) is 11.9. The number of carbonyl (C=O) groups excluding carboxylic acids is 1. The summed E-state index contributed by atoms with van der Waals surface area (Å²) in [5.74, 6) is 0.731. The second kappa shape index (κ2) is 9.92. The molecule has 184 valence electrons. The highest BCUT2D eigenvalue weighted by atomic mass is 32.2. The highest BCUT2D eigenvalue weighted by molar-refractivity contribution is 7.90. The van der Waals surface area contributed by atoms with Gasteiger partial charge in [-0.2, -0.15) is 8.42 Å². The molecule has 1 amide bonds. The van der Waals surface area contributed by atoms with Crippen LogP contribution >= 0.6 is 0 Å². The van der Waals surface area contributed by atoms with Crippen LogP contribution in [0.25, 0.3) is 0 Å². The average Bonchev–Trinajstić information content (AvgIpc) is 3.60. The van der Waals surface area contributed by atoms with Crippen LogP contribution in [0, 0.1) is 6.92 Å². The van der Waals surface area contributed by atoms with Crippen LogP contribution in [0.15, 0.2) is 41.4 Å². The Labute approximate surface area is 201 Å². The number of aryl methyl sites for hydroxylation is 1. The van der Waals surface area contributed by atoms with Gasteiger partial charge in [0.1, 0.15) is 11.6 Å². The Bertz CT molecular complexity index is 1140. The summed E-state index contributed by atoms with van der Waals surface area (Å²) >= 11 is 0. The molecule has 2 aliphatic carbocycles. The number of nitrogens with one attached hydrogen (secondary N) is 2. The third-order valence-corrected chi connectivity index (χ3v) is 7.74. The summed E-state index contributed by atoms with van der Waals surface area (Å²) in [6.07, 6.45) is 6.09. The Balaban J connectivity index is 1.51. The first-order chi connectivity index (χ1) is 16.2. The van der Waals surface area contributed by atoms with Gasteiger partial charge in [0.05, 0.1) is 6.10 Å². The van der Waals surface area contributed by atoms with Crippen molar-refractivity contribution in [1.29, 1.82) is 0 Å². The van der Waals surface area contributed by atoms with Crippen LogP contribution in [0.4, 0.5) is 5.82 Å². The Hall–Kier alpha value is -2.65. The minimum atomic E-state index is -4.19. The lowest BCUT2D eigenvalue weighted by atomic mass is 9.83. The minimum absolute atomic E-state index is 0.222. The van der Waals surface area contributed by atoms with E-state index in [9.17, 15) is 18.3 Å². The Morgan fingerprint density at radius 2 is 1.88 bits per heavy atom. The highest BCUT2D eigenvalue weighted by Gasteiger charge is 2.54. The molecule has 9 heteroatoms. The van der Waals surface area contributed by atoms with Crippen LogP contribution < -0.4 is 14.8 Å². The Morgan fingerprint density at radius 1 is 1.18 bits per heavy atom. The van der Waals surface area contributed by atoms with Crippen molar-refractivity contribution in [3.63, 3.8) is 0 Å². The maximum absolute atomic E-state index is 13.1. The maximum atomic E-state index is 13.1. The average molecular weight is 488 g/mol. The summed E-state index contributed by atoms with van der Waals surface area (Å²) in [6, 6.07) is 10.5. The van der Waals surface area contributed by atoms with Crippen molar-refractivity contribution in [1.82, 2.24) is 9.71 Å². The van der Waals surface area contributed by atoms with Crippen LogP contribution in [0.3, 0.4) is 0 Å². The number of aliphatic hydroxyl groups is 1. The zero-order valence-electron chi connectivity index (χ0n) is 19.7. The van der Waals surface area contributed by atoms with E-state index in [1.165, 1.54) is 31.4 Å². The first-order valence-corrected chi connectivity index (χ1v) is 13.4. The number of anilines is 1. The highest BCUT2D eigenvalue weighted by Crippen LogP contribution is 2.46. The van der Waals surface area contributed by atoms with Gasteiger partial charge < -0.3 is 15.2 Å². The van der Waals surface area contributed by atoms with Crippen molar-refractivity contribution in [2.24, 2.45) is 0 Å². The monoisotopic (exact) mass is 487 g/mol. The molecule has 2 saturated carbocycles. The number of sulfonamides is 1. The smallest absolute Gasteiger partial charge is 0.281 e. The van der Waals surface area contributed by atoms with Crippen LogP contribution in [-0.2, 0) is 14.8 Å². The van der Waals surface area contributed by atoms with Gasteiger partial charge in [-0.25, -0.2) is 9.71 Å². The topological polar surface area (TPSA) is 118 Å². The Kier molecular flexibility index (Phi) is 7.14. The van der Waals surface area contributed by atoms with E-state index in [1.807, 2.05) is 19.1 Å². The number of hydrogen-bond acceptors (Lipinski definition) is 7. The summed E-state index contributed by atoms with van der Waals surface area (Å²) in [5.41, 5.74) is 0.869. The van der Waals surface area contributed by atoms with Crippen molar-refractivity contribution in [2.75, 3.05) is 11.9 Å². The first kappa shape index (κ1) is 24.5. The molecule has 4 rings (SSSR count). The number of carbonyl (C=O) groups is 1. The number of aromatic nitrogens is 1. The number of benzene rings is 1. The van der Waals surface area contributed by atoms with Crippen LogP contribution in [0.1, 0.15) is 68.9 Å². The van der Waals surface area contributed by atoms with Gasteiger partial charge >= 0.3 is 0 Å². The zero-order chi connectivity index (χ0) is 24.3. The fraction of sp³-hybridized carbons (Fsp3) is 0.520. The van der Waals surface area contributed by atoms with E-state index in [2.05, 4.69) is 21.1 Å². The van der Waals surface area contributed by atoms with Crippen LogP contribution in [0.2, 0.25) is 0 Å². The van der Waals surface area contributed by atoms with E-state index >= 15 is 0 Å². The van der Waals surface area contributed by atoms with Gasteiger partial charge in [0.25, 0.3) is 15.9 Å². The molecule has 0 aliphatic heterocycles. The molecule has 0 radical (unpaired) electrons. The maximum Gasteiger partial charge on any atom is 0.281 e. The summed E-state index contributed by atoms with van der Waals surface area (Å²) < 4.78 is 34.3. The molecule has 1 atom stereocenters. The molecule has 1 aromatic carbocycles. The Morgan fingerprint density at radius 3 is 2.56 bits per heavy atom. The molecule has 3 N–H and O–H groups in total. The molecule has 34 heavy (non-hydrogen) atoms. The van der Waals surface area contributed by atoms with Gasteiger partial charge in [0.15, 0.2) is 10.6 Å². The number of aliphatic hydroxyl groups excluding tert-OH is 1. The van der Waals surface area contributed by atoms with Gasteiger partial charge in [-0.15, -0.1) is 0 Å². The van der Waals surface area contributed by atoms with Gasteiger partial charge in [0, 0.05) is 19.4 Å². The molecule has 2 aromatic rings. The quantitative estimate of drug-likeness (QED) is 0.494. The third-order valence-electron chi connectivity index (χ3n) is 6.51. The van der Waals surface area contributed by atoms with E-state index in [0.717, 1.165) is 24.0 Å². The number of amides is 1. The molecule has 2 fully saturated rings. The molecular formula is C25H33N3O5S. The zero-order valence-corrected chi connectivity index (χ0v) is 20.5. The van der Waals surface area contributed by atoms with E-state index in [4.69, 9.17) is 4.74 Å². The van der Waals surface area contributed by atoms with Gasteiger partial charge in [-0.3, -0.25) is 4.79 Å². The van der Waals surface area contributed by atoms with Crippen molar-refractivity contribution in [2.45, 2.75) is 81.4 Å². The number of para-hydroxylation sites is 1. The molecule has 1 aromatic heterocycles. The SMILES string of the molecule is Cc1cccc(C2CCCCC2)c1OC1(C(=O)NS(=O)(=O)c2cccc(NCC(C)O)n2)CC1. The molecular weight excluding hydrogens is 454 g/mol. The van der Waals surface area contributed by atoms with Gasteiger partial charge in [-0.1, -0.05) is 43.5 Å². The lowest BCUT2D eigenvalue weighted by Crippen LogP contribution is -2.43. The summed E-state index contributed by atoms with van der Waals surface area (Å²) in [7, 11) is -4.19. The van der Waals surface area contributed by atoms with Crippen LogP contribution in [-0.4, -0.2) is 42.7 Å². The largest absolute Gasteiger partial charge is 0.477 e. The second-order valence-corrected chi connectivity index (χ2v) is 11.1. The van der Waals surface area contributed by atoms with Crippen LogP contribution in [0.5, 0.6) is 5.75 Å². The summed E-state index contributed by atoms with van der Waals surface area (Å²) in [4.78, 5) is 17.2. The number of nitrogens with zero attached hydrogens (tertiary/aromatic N) is 1. The second-order valence-electron chi connectivity index (χ2n) is 9.45. The molecule has 0 bridgehead atoms. The van der Waals surface area contributed by atoms with Crippen molar-refractivity contribution in [3.05, 3.63) is 47.5 Å². The predicted molar refractivity (Wildman–Crippen MR) is 129 cm³/mol. The standard InChI is InChI=1S/C25H33N3O5S/c1-17-8-6-11-20(19-9-4-3-5-10-19)23(17)33-25(14-15-25)24(30)28-34(31,32)22-13-7-12-21(27-22)26-16-18(2)29/h6-8,11-13,18-19,29H,3-5,9-10,14-16H2,1-2H3,(H,26,27)(H,28,30). The van der Waals surface area contributed by atoms with Crippen molar-refractivity contribution < 1.29 is 23.1 Å². The summed E-state index contributed by atoms with van der Waals surface area (Å²) in [5, 5.41) is 12.0. The van der Waals surface area contributed by atoms with Gasteiger partial charge in [0.2, 0.25) is 0 Å². The van der Waals surface area contributed by atoms with E-state index < -0.39 is 27.6 Å². The predicted octanol–water partition coefficient (Wildman–Crippen LogP) is 3.65. The van der Waals surface area contributed by atoms with Crippen molar-refractivity contribution in [3.8, 4) is 5.75 Å². The van der Waals surface area contributed by atoms with Crippen molar-refractivity contribution >= 4 is 21.7 Å². The molecule has 1 heterocycles. The van der Waals surface area contributed by atoms with E-state index in [1.54, 1.807) is 13.0 Å². The normalized spacial score (nSPS) is 18.7. The fourth-order valence-electron chi connectivity index (χ4n) is 4.42. The lowest BCUT2D eigenvalue weighted by molar-refractivity contribution is -0.128. The number of hydrogen-bond donors (Lipinski definition) is 3. The van der Waals surface area contributed by atoms with E-state index in [-0.39, 0.29) is 11.6 Å². The summed E-state index contributed by atoms with van der Waals surface area (Å²) in [6.45, 7) is 3.79. The minimum Gasteiger partial charge on any atom is -0.477 e. The molecule has 0 spiro atoms. The molecule has 2 aliphatic rings. The number of pyridine rings is 1. The third kappa shape index (κ3) is 5.52. The molecule has 0 saturated heterocycles. The number of rotatable bonds is 9. The van der Waals surface area contributed by atoms with Gasteiger partial charge in [-0.05, 0) is 55.9 Å². The fourth-order valence-corrected chi connectivity index (χ4v) is 5.43. The van der Waals surface area contributed by atoms with E-state index in [0.29, 0.717) is 30.3 Å². The number of ether oxygens (including phenoxy) is 1. The molecule has 8 nitrogen and oxygen atoms in total. The molecule has 1 unspecified atom stereocenters. The lowest BCUT2D eigenvalue weighted by Gasteiger charge is -2.27.